The van der Waals surface area contributed by atoms with Crippen molar-refractivity contribution in [3.8, 4) is 11.8 Å². The van der Waals surface area contributed by atoms with Crippen molar-refractivity contribution < 1.29 is 9.13 Å². The highest BCUT2D eigenvalue weighted by Crippen LogP contribution is 2.40. The van der Waals surface area contributed by atoms with Crippen LogP contribution in [0.2, 0.25) is 0 Å². The number of fused-ring (bicyclic) bond motifs is 5. The maximum atomic E-state index is 14.1. The van der Waals surface area contributed by atoms with Gasteiger partial charge < -0.3 is 15.0 Å². The number of aromatic nitrogens is 2. The summed E-state index contributed by atoms with van der Waals surface area (Å²) in [6.45, 7) is 1.95. The van der Waals surface area contributed by atoms with E-state index in [0.717, 1.165) is 48.5 Å². The Hall–Kier alpha value is -3.40. The highest BCUT2D eigenvalue weighted by Gasteiger charge is 2.30. The number of anilines is 2. The third-order valence-electron chi connectivity index (χ3n) is 5.58. The van der Waals surface area contributed by atoms with Gasteiger partial charge in [-0.05, 0) is 49.6 Å². The minimum absolute atomic E-state index is 0.00470. The van der Waals surface area contributed by atoms with E-state index in [-0.39, 0.29) is 11.9 Å². The lowest BCUT2D eigenvalue weighted by Crippen LogP contribution is -2.24. The molecule has 29 heavy (non-hydrogen) atoms. The van der Waals surface area contributed by atoms with Crippen molar-refractivity contribution in [3.63, 3.8) is 0 Å². The zero-order valence-corrected chi connectivity index (χ0v) is 15.9. The number of hydrogen-bond donors (Lipinski definition) is 1. The van der Waals surface area contributed by atoms with E-state index in [4.69, 9.17) is 9.72 Å². The standard InChI is InChI=1S/C22H20FN5O/c23-15-4-6-19-16(11-15)18-3-1-9-28(18)20-7-5-17-22(27-20)21(14(12-24)13-26-17)25-8-2-10-29-19/h4-7,11,13,18,25H,1-3,8-10H2/t18-/m1/s1. The van der Waals surface area contributed by atoms with Gasteiger partial charge in [-0.2, -0.15) is 5.26 Å². The van der Waals surface area contributed by atoms with Crippen LogP contribution < -0.4 is 15.0 Å². The molecule has 2 aromatic heterocycles. The average Bonchev–Trinajstić information content (AvgIpc) is 3.23. The van der Waals surface area contributed by atoms with Gasteiger partial charge >= 0.3 is 0 Å². The first-order valence-corrected chi connectivity index (χ1v) is 9.87. The summed E-state index contributed by atoms with van der Waals surface area (Å²) in [6, 6.07) is 10.8. The van der Waals surface area contributed by atoms with Crippen molar-refractivity contribution in [2.45, 2.75) is 25.3 Å². The lowest BCUT2D eigenvalue weighted by atomic mass is 10.0. The number of nitrogens with one attached hydrogen (secondary N) is 1. The molecule has 1 fully saturated rings. The summed E-state index contributed by atoms with van der Waals surface area (Å²) >= 11 is 0. The molecule has 2 bridgehead atoms. The Morgan fingerprint density at radius 1 is 1.24 bits per heavy atom. The SMILES string of the molecule is N#Cc1cnc2ccc3nc2c1NCCCOc1ccc(F)cc1[C@H]1CCCN31. The molecular formula is C22H20FN5O. The highest BCUT2D eigenvalue weighted by molar-refractivity contribution is 5.91. The first-order valence-electron chi connectivity index (χ1n) is 9.87. The second-order valence-corrected chi connectivity index (χ2v) is 7.36. The molecule has 0 radical (unpaired) electrons. The molecular weight excluding hydrogens is 369 g/mol. The maximum Gasteiger partial charge on any atom is 0.129 e. The largest absolute Gasteiger partial charge is 0.493 e. The highest BCUT2D eigenvalue weighted by atomic mass is 19.1. The number of benzene rings is 1. The van der Waals surface area contributed by atoms with Crippen molar-refractivity contribution >= 4 is 22.5 Å². The molecule has 0 spiro atoms. The third-order valence-corrected chi connectivity index (χ3v) is 5.58. The fourth-order valence-electron chi connectivity index (χ4n) is 4.22. The molecule has 5 rings (SSSR count). The summed E-state index contributed by atoms with van der Waals surface area (Å²) in [5, 5.41) is 12.9. The van der Waals surface area contributed by atoms with E-state index < -0.39 is 0 Å². The molecule has 3 aromatic rings. The predicted octanol–water partition coefficient (Wildman–Crippen LogP) is 4.18. The molecule has 6 nitrogen and oxygen atoms in total. The van der Waals surface area contributed by atoms with E-state index in [1.807, 2.05) is 12.1 Å². The number of ether oxygens (including phenoxy) is 1. The predicted molar refractivity (Wildman–Crippen MR) is 109 cm³/mol. The Morgan fingerprint density at radius 3 is 3.07 bits per heavy atom. The smallest absolute Gasteiger partial charge is 0.129 e. The molecule has 1 aromatic carbocycles. The van der Waals surface area contributed by atoms with E-state index in [2.05, 4.69) is 21.3 Å². The molecule has 146 valence electrons. The van der Waals surface area contributed by atoms with E-state index in [0.29, 0.717) is 29.9 Å². The van der Waals surface area contributed by atoms with Crippen LogP contribution >= 0.6 is 0 Å². The Morgan fingerprint density at radius 2 is 2.17 bits per heavy atom. The average molecular weight is 389 g/mol. The molecule has 1 N–H and O–H groups in total. The first-order chi connectivity index (χ1) is 14.2. The summed E-state index contributed by atoms with van der Waals surface area (Å²) in [5.74, 6) is 1.26. The minimum Gasteiger partial charge on any atom is -0.493 e. The monoisotopic (exact) mass is 389 g/mol. The van der Waals surface area contributed by atoms with Gasteiger partial charge in [-0.25, -0.2) is 9.37 Å². The lowest BCUT2D eigenvalue weighted by molar-refractivity contribution is 0.309. The van der Waals surface area contributed by atoms with Crippen molar-refractivity contribution in [2.75, 3.05) is 29.9 Å². The van der Waals surface area contributed by atoms with Crippen LogP contribution in [0.5, 0.6) is 5.75 Å². The number of pyridine rings is 2. The fourth-order valence-corrected chi connectivity index (χ4v) is 4.22. The van der Waals surface area contributed by atoms with Crippen molar-refractivity contribution in [3.05, 3.63) is 53.5 Å². The molecule has 1 atom stereocenters. The number of halogens is 1. The molecule has 7 heteroatoms. The topological polar surface area (TPSA) is 74.1 Å². The van der Waals surface area contributed by atoms with Crippen LogP contribution in [0.25, 0.3) is 11.0 Å². The Kier molecular flexibility index (Phi) is 4.39. The van der Waals surface area contributed by atoms with Crippen LogP contribution in [0.3, 0.4) is 0 Å². The molecule has 1 saturated heterocycles. The van der Waals surface area contributed by atoms with Gasteiger partial charge in [0.1, 0.15) is 29.0 Å². The van der Waals surface area contributed by atoms with Gasteiger partial charge in [-0.3, -0.25) is 4.98 Å². The van der Waals surface area contributed by atoms with Crippen LogP contribution in [0, 0.1) is 17.1 Å². The first kappa shape index (κ1) is 17.7. The van der Waals surface area contributed by atoms with Gasteiger partial charge in [-0.15, -0.1) is 0 Å². The minimum atomic E-state index is -0.262. The second kappa shape index (κ2) is 7.21. The maximum absolute atomic E-state index is 14.1. The Balaban J connectivity index is 1.69. The molecule has 2 aliphatic heterocycles. The molecule has 0 saturated carbocycles. The quantitative estimate of drug-likeness (QED) is 0.622. The molecule has 4 heterocycles. The summed E-state index contributed by atoms with van der Waals surface area (Å²) in [7, 11) is 0. The van der Waals surface area contributed by atoms with Gasteiger partial charge in [0.25, 0.3) is 0 Å². The van der Waals surface area contributed by atoms with E-state index in [1.54, 1.807) is 18.3 Å². The zero-order valence-electron chi connectivity index (χ0n) is 15.9. The number of rotatable bonds is 0. The lowest BCUT2D eigenvalue weighted by Gasteiger charge is -2.27. The van der Waals surface area contributed by atoms with Crippen molar-refractivity contribution in [1.29, 1.82) is 5.26 Å². The fraction of sp³-hybridized carbons (Fsp3) is 0.318. The number of hydrogen-bond acceptors (Lipinski definition) is 6. The summed E-state index contributed by atoms with van der Waals surface area (Å²) in [4.78, 5) is 11.5. The summed E-state index contributed by atoms with van der Waals surface area (Å²) in [5.41, 5.74) is 3.47. The molecule has 0 amide bonds. The third kappa shape index (κ3) is 3.11. The van der Waals surface area contributed by atoms with Gasteiger partial charge in [0, 0.05) is 24.8 Å². The molecule has 0 aliphatic carbocycles. The van der Waals surface area contributed by atoms with Gasteiger partial charge in [0.15, 0.2) is 0 Å². The Bertz CT molecular complexity index is 1130. The van der Waals surface area contributed by atoms with Gasteiger partial charge in [-0.1, -0.05) is 0 Å². The molecule has 2 aliphatic rings. The van der Waals surface area contributed by atoms with Crippen LogP contribution in [0.1, 0.15) is 36.4 Å². The summed E-state index contributed by atoms with van der Waals surface area (Å²) in [6.07, 6.45) is 4.21. The van der Waals surface area contributed by atoms with Crippen molar-refractivity contribution in [1.82, 2.24) is 9.97 Å². The second-order valence-electron chi connectivity index (χ2n) is 7.36. The van der Waals surface area contributed by atoms with Crippen LogP contribution in [0.4, 0.5) is 15.9 Å². The van der Waals surface area contributed by atoms with Crippen LogP contribution in [-0.2, 0) is 0 Å². The van der Waals surface area contributed by atoms with Crippen LogP contribution in [-0.4, -0.2) is 29.7 Å². The van der Waals surface area contributed by atoms with Gasteiger partial charge in [0.2, 0.25) is 0 Å². The molecule has 0 unspecified atom stereocenters. The zero-order chi connectivity index (χ0) is 19.8. The number of nitrogens with zero attached hydrogens (tertiary/aromatic N) is 4. The normalized spacial score (nSPS) is 18.5. The van der Waals surface area contributed by atoms with Gasteiger partial charge in [0.05, 0.1) is 29.4 Å². The summed E-state index contributed by atoms with van der Waals surface area (Å²) < 4.78 is 20.1. The van der Waals surface area contributed by atoms with E-state index >= 15 is 0 Å². The Labute approximate surface area is 167 Å². The van der Waals surface area contributed by atoms with Crippen LogP contribution in [0.15, 0.2) is 36.5 Å². The van der Waals surface area contributed by atoms with E-state index in [9.17, 15) is 9.65 Å². The van der Waals surface area contributed by atoms with Crippen molar-refractivity contribution in [2.24, 2.45) is 0 Å². The van der Waals surface area contributed by atoms with E-state index in [1.165, 1.54) is 6.07 Å². The number of nitriles is 1.